The third-order valence-electron chi connectivity index (χ3n) is 2.62. The summed E-state index contributed by atoms with van der Waals surface area (Å²) >= 11 is 0. The molecule has 0 saturated heterocycles. The van der Waals surface area contributed by atoms with E-state index in [0.29, 0.717) is 11.5 Å². The predicted molar refractivity (Wildman–Crippen MR) is 39.6 cm³/mol. The quantitative estimate of drug-likeness (QED) is 0.521. The van der Waals surface area contributed by atoms with Gasteiger partial charge in [-0.3, -0.25) is 9.59 Å². The molecule has 2 bridgehead atoms. The van der Waals surface area contributed by atoms with E-state index >= 15 is 0 Å². The zero-order chi connectivity index (χ0) is 7.84. The minimum atomic E-state index is 0.0220. The second kappa shape index (κ2) is 2.29. The van der Waals surface area contributed by atoms with Gasteiger partial charge in [0.05, 0.1) is 5.57 Å². The van der Waals surface area contributed by atoms with Crippen LogP contribution in [0.1, 0.15) is 19.3 Å². The van der Waals surface area contributed by atoms with Crippen molar-refractivity contribution in [2.24, 2.45) is 11.8 Å². The van der Waals surface area contributed by atoms with Gasteiger partial charge < -0.3 is 0 Å². The highest BCUT2D eigenvalue weighted by atomic mass is 16.1. The molecule has 0 amide bonds. The highest BCUT2D eigenvalue weighted by molar-refractivity contribution is 6.13. The van der Waals surface area contributed by atoms with Crippen LogP contribution in [-0.2, 0) is 9.59 Å². The SMILES string of the molecule is O=[C]C1=CC2CCC(C2)C1=O. The number of hydrogen-bond donors (Lipinski definition) is 0. The molecule has 57 valence electrons. The summed E-state index contributed by atoms with van der Waals surface area (Å²) in [5.41, 5.74) is 0.295. The first kappa shape index (κ1) is 6.77. The largest absolute Gasteiger partial charge is 0.294 e. The molecule has 2 rings (SSSR count). The zero-order valence-electron chi connectivity index (χ0n) is 6.17. The fourth-order valence-electron chi connectivity index (χ4n) is 2.03. The highest BCUT2D eigenvalue weighted by Gasteiger charge is 2.35. The molecule has 2 aliphatic rings. The molecule has 11 heavy (non-hydrogen) atoms. The summed E-state index contributed by atoms with van der Waals surface area (Å²) in [5, 5.41) is 0. The summed E-state index contributed by atoms with van der Waals surface area (Å²) in [5.74, 6) is 0.643. The van der Waals surface area contributed by atoms with Gasteiger partial charge in [0.25, 0.3) is 0 Å². The van der Waals surface area contributed by atoms with E-state index in [4.69, 9.17) is 0 Å². The summed E-state index contributed by atoms with van der Waals surface area (Å²) in [6.07, 6.45) is 6.50. The number of rotatable bonds is 1. The maximum absolute atomic E-state index is 11.3. The Balaban J connectivity index is 2.34. The minimum absolute atomic E-state index is 0.0220. The van der Waals surface area contributed by atoms with Gasteiger partial charge in [-0.2, -0.15) is 0 Å². The monoisotopic (exact) mass is 149 g/mol. The smallest absolute Gasteiger partial charge is 0.236 e. The number of ketones is 1. The van der Waals surface area contributed by atoms with Gasteiger partial charge in [0.1, 0.15) is 0 Å². The number of fused-ring (bicyclic) bond motifs is 2. The van der Waals surface area contributed by atoms with Gasteiger partial charge in [0.2, 0.25) is 6.29 Å². The van der Waals surface area contributed by atoms with Gasteiger partial charge in [0.15, 0.2) is 5.78 Å². The Kier molecular flexibility index (Phi) is 1.41. The van der Waals surface area contributed by atoms with Crippen molar-refractivity contribution in [1.29, 1.82) is 0 Å². The molecule has 1 radical (unpaired) electrons. The summed E-state index contributed by atoms with van der Waals surface area (Å²) in [6.45, 7) is 0. The number of carbonyl (C=O) groups is 1. The number of Topliss-reactive ketones (excluding diaryl/α,β-unsaturated/α-hetero) is 1. The fourth-order valence-corrected chi connectivity index (χ4v) is 2.03. The number of hydrogen-bond acceptors (Lipinski definition) is 2. The molecule has 2 atom stereocenters. The highest BCUT2D eigenvalue weighted by Crippen LogP contribution is 2.38. The van der Waals surface area contributed by atoms with Gasteiger partial charge in [-0.1, -0.05) is 6.08 Å². The van der Waals surface area contributed by atoms with E-state index in [1.807, 2.05) is 0 Å². The van der Waals surface area contributed by atoms with Crippen molar-refractivity contribution in [3.05, 3.63) is 11.6 Å². The van der Waals surface area contributed by atoms with Crippen LogP contribution in [0, 0.1) is 11.8 Å². The van der Waals surface area contributed by atoms with Crippen molar-refractivity contribution in [3.63, 3.8) is 0 Å². The molecule has 0 aliphatic heterocycles. The lowest BCUT2D eigenvalue weighted by molar-refractivity contribution is -0.118. The molecule has 2 nitrogen and oxygen atoms in total. The van der Waals surface area contributed by atoms with E-state index in [9.17, 15) is 9.59 Å². The lowest BCUT2D eigenvalue weighted by Crippen LogP contribution is -2.18. The molecule has 2 aliphatic carbocycles. The summed E-state index contributed by atoms with van der Waals surface area (Å²) in [6, 6.07) is 0. The fraction of sp³-hybridized carbons (Fsp3) is 0.556. The van der Waals surface area contributed by atoms with Crippen LogP contribution in [0.15, 0.2) is 11.6 Å². The third-order valence-corrected chi connectivity index (χ3v) is 2.62. The Morgan fingerprint density at radius 1 is 1.45 bits per heavy atom. The lowest BCUT2D eigenvalue weighted by Gasteiger charge is -2.13. The van der Waals surface area contributed by atoms with Crippen LogP contribution in [0.25, 0.3) is 0 Å². The molecule has 0 N–H and O–H groups in total. The van der Waals surface area contributed by atoms with Gasteiger partial charge in [0, 0.05) is 5.92 Å². The summed E-state index contributed by atoms with van der Waals surface area (Å²) in [4.78, 5) is 21.6. The first-order valence-electron chi connectivity index (χ1n) is 3.95. The molecule has 0 spiro atoms. The second-order valence-corrected chi connectivity index (χ2v) is 3.32. The van der Waals surface area contributed by atoms with Crippen molar-refractivity contribution in [1.82, 2.24) is 0 Å². The van der Waals surface area contributed by atoms with Crippen LogP contribution in [0.4, 0.5) is 0 Å². The van der Waals surface area contributed by atoms with Crippen LogP contribution < -0.4 is 0 Å². The number of allylic oxidation sites excluding steroid dienone is 2. The molecule has 1 saturated carbocycles. The summed E-state index contributed by atoms with van der Waals surface area (Å²) < 4.78 is 0. The Bertz CT molecular complexity index is 240. The second-order valence-electron chi connectivity index (χ2n) is 3.32. The minimum Gasteiger partial charge on any atom is -0.294 e. The van der Waals surface area contributed by atoms with Crippen molar-refractivity contribution >= 4 is 12.1 Å². The standard InChI is InChI=1S/C9H9O2/c10-5-8-4-6-1-2-7(3-6)9(8)11/h4,6-7H,1-3H2. The normalized spacial score (nSPS) is 35.3. The molecule has 2 heteroatoms. The molecule has 0 heterocycles. The predicted octanol–water partition coefficient (Wildman–Crippen LogP) is 1.02. The molecular weight excluding hydrogens is 140 g/mol. The first-order chi connectivity index (χ1) is 5.31. The van der Waals surface area contributed by atoms with E-state index in [0.717, 1.165) is 19.3 Å². The Morgan fingerprint density at radius 2 is 2.27 bits per heavy atom. The molecule has 0 aromatic carbocycles. The Labute approximate surface area is 65.3 Å². The number of carbonyl (C=O) groups excluding carboxylic acids is 2. The average Bonchev–Trinajstić information content (AvgIpc) is 2.42. The van der Waals surface area contributed by atoms with E-state index in [2.05, 4.69) is 0 Å². The first-order valence-corrected chi connectivity index (χ1v) is 3.95. The molecule has 0 aromatic heterocycles. The maximum Gasteiger partial charge on any atom is 0.236 e. The van der Waals surface area contributed by atoms with Crippen molar-refractivity contribution in [2.45, 2.75) is 19.3 Å². The molecule has 1 fully saturated rings. The topological polar surface area (TPSA) is 34.1 Å². The molecular formula is C9H9O2. The maximum atomic E-state index is 11.3. The van der Waals surface area contributed by atoms with Gasteiger partial charge in [-0.15, -0.1) is 0 Å². The summed E-state index contributed by atoms with van der Waals surface area (Å²) in [7, 11) is 0. The molecule has 0 aromatic rings. The van der Waals surface area contributed by atoms with Crippen molar-refractivity contribution in [2.75, 3.05) is 0 Å². The Hall–Kier alpha value is -0.920. The van der Waals surface area contributed by atoms with Crippen LogP contribution >= 0.6 is 0 Å². The van der Waals surface area contributed by atoms with E-state index in [1.54, 1.807) is 12.4 Å². The third kappa shape index (κ3) is 0.934. The molecule has 2 unspecified atom stereocenters. The van der Waals surface area contributed by atoms with Gasteiger partial charge in [-0.05, 0) is 25.2 Å². The Morgan fingerprint density at radius 3 is 3.00 bits per heavy atom. The van der Waals surface area contributed by atoms with Crippen LogP contribution in [-0.4, -0.2) is 12.1 Å². The van der Waals surface area contributed by atoms with Gasteiger partial charge >= 0.3 is 0 Å². The van der Waals surface area contributed by atoms with E-state index < -0.39 is 0 Å². The van der Waals surface area contributed by atoms with E-state index in [1.165, 1.54) is 0 Å². The lowest BCUT2D eigenvalue weighted by atomic mass is 9.89. The van der Waals surface area contributed by atoms with Crippen LogP contribution in [0.5, 0.6) is 0 Å². The van der Waals surface area contributed by atoms with Crippen LogP contribution in [0.2, 0.25) is 0 Å². The van der Waals surface area contributed by atoms with E-state index in [-0.39, 0.29) is 11.7 Å². The van der Waals surface area contributed by atoms with Crippen LogP contribution in [0.3, 0.4) is 0 Å². The average molecular weight is 149 g/mol. The van der Waals surface area contributed by atoms with Crippen molar-refractivity contribution in [3.8, 4) is 0 Å². The van der Waals surface area contributed by atoms with Gasteiger partial charge in [-0.25, -0.2) is 0 Å². The zero-order valence-corrected chi connectivity index (χ0v) is 6.17. The van der Waals surface area contributed by atoms with Crippen molar-refractivity contribution < 1.29 is 9.59 Å².